The predicted octanol–water partition coefficient (Wildman–Crippen LogP) is 1.02. The first-order chi connectivity index (χ1) is 9.23. The first-order valence-electron chi connectivity index (χ1n) is 6.87. The van der Waals surface area contributed by atoms with Crippen LogP contribution in [0.2, 0.25) is 0 Å². The van der Waals surface area contributed by atoms with E-state index in [1.54, 1.807) is 0 Å². The standard InChI is InChI=1S/C14H26N2O3S/c1-9(2)13(18)8-20-7-12(16-10(3)4)14(19)15-6-11(5)17/h9-10,12,16H,6-8H2,1-5H3,(H,15,19). The zero-order valence-electron chi connectivity index (χ0n) is 13.0. The molecule has 0 radical (unpaired) electrons. The van der Waals surface area contributed by atoms with Crippen molar-refractivity contribution in [2.24, 2.45) is 5.92 Å². The molecular formula is C14H26N2O3S. The fourth-order valence-corrected chi connectivity index (χ4v) is 2.52. The second kappa shape index (κ2) is 9.94. The van der Waals surface area contributed by atoms with Gasteiger partial charge in [-0.1, -0.05) is 27.7 Å². The lowest BCUT2D eigenvalue weighted by Gasteiger charge is -2.20. The van der Waals surface area contributed by atoms with E-state index in [0.29, 0.717) is 11.5 Å². The van der Waals surface area contributed by atoms with Gasteiger partial charge in [-0.05, 0) is 6.92 Å². The number of amides is 1. The van der Waals surface area contributed by atoms with E-state index in [-0.39, 0.29) is 42.0 Å². The minimum atomic E-state index is -0.390. The Balaban J connectivity index is 4.30. The van der Waals surface area contributed by atoms with Gasteiger partial charge in [-0.15, -0.1) is 0 Å². The van der Waals surface area contributed by atoms with Gasteiger partial charge < -0.3 is 10.6 Å². The van der Waals surface area contributed by atoms with Crippen LogP contribution in [0.25, 0.3) is 0 Å². The molecule has 0 aromatic carbocycles. The fraction of sp³-hybridized carbons (Fsp3) is 0.786. The summed E-state index contributed by atoms with van der Waals surface area (Å²) in [5.74, 6) is 0.851. The van der Waals surface area contributed by atoms with Crippen molar-refractivity contribution in [3.8, 4) is 0 Å². The molecule has 0 aromatic heterocycles. The number of rotatable bonds is 10. The number of nitrogens with one attached hydrogen (secondary N) is 2. The van der Waals surface area contributed by atoms with Crippen LogP contribution in [0.4, 0.5) is 0 Å². The lowest BCUT2D eigenvalue weighted by Crippen LogP contribution is -2.49. The van der Waals surface area contributed by atoms with Crippen LogP contribution in [0.5, 0.6) is 0 Å². The number of hydrogen-bond acceptors (Lipinski definition) is 5. The molecule has 20 heavy (non-hydrogen) atoms. The number of thioether (sulfide) groups is 1. The van der Waals surface area contributed by atoms with Crippen LogP contribution in [0.1, 0.15) is 34.6 Å². The largest absolute Gasteiger partial charge is 0.348 e. The molecule has 0 aliphatic heterocycles. The van der Waals surface area contributed by atoms with E-state index in [4.69, 9.17) is 0 Å². The Morgan fingerprint density at radius 3 is 2.15 bits per heavy atom. The SMILES string of the molecule is CC(=O)CNC(=O)C(CSCC(=O)C(C)C)NC(C)C. The average molecular weight is 302 g/mol. The van der Waals surface area contributed by atoms with E-state index in [0.717, 1.165) is 0 Å². The quantitative estimate of drug-likeness (QED) is 0.630. The van der Waals surface area contributed by atoms with Crippen molar-refractivity contribution in [1.82, 2.24) is 10.6 Å². The molecule has 116 valence electrons. The summed E-state index contributed by atoms with van der Waals surface area (Å²) >= 11 is 1.44. The molecule has 0 fully saturated rings. The van der Waals surface area contributed by atoms with E-state index in [1.807, 2.05) is 27.7 Å². The van der Waals surface area contributed by atoms with Gasteiger partial charge in [-0.2, -0.15) is 11.8 Å². The van der Waals surface area contributed by atoms with E-state index in [1.165, 1.54) is 18.7 Å². The van der Waals surface area contributed by atoms with Crippen molar-refractivity contribution < 1.29 is 14.4 Å². The number of carbonyl (C=O) groups excluding carboxylic acids is 3. The Hall–Kier alpha value is -0.880. The third-order valence-electron chi connectivity index (χ3n) is 2.54. The van der Waals surface area contributed by atoms with E-state index in [9.17, 15) is 14.4 Å². The Morgan fingerprint density at radius 1 is 1.10 bits per heavy atom. The van der Waals surface area contributed by atoms with Crippen molar-refractivity contribution in [1.29, 1.82) is 0 Å². The van der Waals surface area contributed by atoms with Crippen LogP contribution in [-0.2, 0) is 14.4 Å². The van der Waals surface area contributed by atoms with Crippen LogP contribution >= 0.6 is 11.8 Å². The molecule has 0 bridgehead atoms. The second-order valence-corrected chi connectivity index (χ2v) is 6.46. The van der Waals surface area contributed by atoms with E-state index in [2.05, 4.69) is 10.6 Å². The topological polar surface area (TPSA) is 75.3 Å². The summed E-state index contributed by atoms with van der Waals surface area (Å²) in [5.41, 5.74) is 0. The molecule has 0 aliphatic rings. The summed E-state index contributed by atoms with van der Waals surface area (Å²) in [5, 5.41) is 5.75. The van der Waals surface area contributed by atoms with E-state index >= 15 is 0 Å². The van der Waals surface area contributed by atoms with Gasteiger partial charge in [0.25, 0.3) is 0 Å². The van der Waals surface area contributed by atoms with Crippen molar-refractivity contribution in [3.63, 3.8) is 0 Å². The van der Waals surface area contributed by atoms with Crippen LogP contribution < -0.4 is 10.6 Å². The third kappa shape index (κ3) is 9.09. The summed E-state index contributed by atoms with van der Waals surface area (Å²) in [4.78, 5) is 34.4. The van der Waals surface area contributed by atoms with Crippen molar-refractivity contribution in [3.05, 3.63) is 0 Å². The van der Waals surface area contributed by atoms with Crippen LogP contribution in [0.15, 0.2) is 0 Å². The van der Waals surface area contributed by atoms with Crippen molar-refractivity contribution in [2.45, 2.75) is 46.7 Å². The number of ketones is 2. The van der Waals surface area contributed by atoms with Gasteiger partial charge in [0, 0.05) is 17.7 Å². The lowest BCUT2D eigenvalue weighted by atomic mass is 10.1. The molecule has 5 nitrogen and oxygen atoms in total. The number of hydrogen-bond donors (Lipinski definition) is 2. The van der Waals surface area contributed by atoms with E-state index < -0.39 is 0 Å². The molecule has 0 rings (SSSR count). The summed E-state index contributed by atoms with van der Waals surface area (Å²) in [6.45, 7) is 9.12. The monoisotopic (exact) mass is 302 g/mol. The number of carbonyl (C=O) groups is 3. The summed E-state index contributed by atoms with van der Waals surface area (Å²) in [6, 6.07) is -0.233. The van der Waals surface area contributed by atoms with Gasteiger partial charge >= 0.3 is 0 Å². The zero-order chi connectivity index (χ0) is 15.7. The maximum Gasteiger partial charge on any atom is 0.238 e. The van der Waals surface area contributed by atoms with Crippen molar-refractivity contribution >= 4 is 29.2 Å². The molecule has 2 N–H and O–H groups in total. The molecule has 0 aliphatic carbocycles. The lowest BCUT2D eigenvalue weighted by molar-refractivity contribution is -0.125. The first kappa shape index (κ1) is 19.1. The van der Waals surface area contributed by atoms with Crippen LogP contribution in [-0.4, -0.2) is 47.6 Å². The minimum absolute atomic E-state index is 0.0190. The Labute approximate surface area is 125 Å². The van der Waals surface area contributed by atoms with Gasteiger partial charge in [0.15, 0.2) is 0 Å². The van der Waals surface area contributed by atoms with Crippen LogP contribution in [0.3, 0.4) is 0 Å². The average Bonchev–Trinajstić information content (AvgIpc) is 2.33. The van der Waals surface area contributed by atoms with Gasteiger partial charge in [-0.25, -0.2) is 0 Å². The Morgan fingerprint density at radius 2 is 1.70 bits per heavy atom. The molecule has 1 atom stereocenters. The zero-order valence-corrected chi connectivity index (χ0v) is 13.8. The van der Waals surface area contributed by atoms with Crippen LogP contribution in [0, 0.1) is 5.92 Å². The van der Waals surface area contributed by atoms with Gasteiger partial charge in [0.05, 0.1) is 18.3 Å². The summed E-state index contributed by atoms with van der Waals surface area (Å²) in [6.07, 6.45) is 0. The van der Waals surface area contributed by atoms with Gasteiger partial charge in [0.2, 0.25) is 5.91 Å². The molecule has 1 unspecified atom stereocenters. The highest BCUT2D eigenvalue weighted by Gasteiger charge is 2.20. The van der Waals surface area contributed by atoms with Gasteiger partial charge in [-0.3, -0.25) is 14.4 Å². The maximum atomic E-state index is 12.0. The molecular weight excluding hydrogens is 276 g/mol. The number of Topliss-reactive ketones (excluding diaryl/α,β-unsaturated/α-hetero) is 2. The maximum absolute atomic E-state index is 12.0. The Bertz CT molecular complexity index is 343. The first-order valence-corrected chi connectivity index (χ1v) is 8.03. The molecule has 0 saturated heterocycles. The molecule has 1 amide bonds. The molecule has 6 heteroatoms. The van der Waals surface area contributed by atoms with Crippen molar-refractivity contribution in [2.75, 3.05) is 18.1 Å². The smallest absolute Gasteiger partial charge is 0.238 e. The second-order valence-electron chi connectivity index (χ2n) is 5.43. The normalized spacial score (nSPS) is 12.6. The highest BCUT2D eigenvalue weighted by atomic mass is 32.2. The molecule has 0 spiro atoms. The Kier molecular flexibility index (Phi) is 9.50. The highest BCUT2D eigenvalue weighted by molar-refractivity contribution is 8.00. The summed E-state index contributed by atoms with van der Waals surface area (Å²) < 4.78 is 0. The third-order valence-corrected chi connectivity index (χ3v) is 3.59. The summed E-state index contributed by atoms with van der Waals surface area (Å²) in [7, 11) is 0. The highest BCUT2D eigenvalue weighted by Crippen LogP contribution is 2.08. The van der Waals surface area contributed by atoms with Gasteiger partial charge in [0.1, 0.15) is 11.6 Å². The molecule has 0 saturated carbocycles. The molecule has 0 heterocycles. The molecule has 0 aromatic rings. The minimum Gasteiger partial charge on any atom is -0.348 e. The fourth-order valence-electron chi connectivity index (χ4n) is 1.38. The predicted molar refractivity (Wildman–Crippen MR) is 82.9 cm³/mol.